The zero-order valence-corrected chi connectivity index (χ0v) is 21.6. The van der Waals surface area contributed by atoms with Crippen molar-refractivity contribution >= 4 is 23.8 Å². The molecular formula is C30H26N4O3S. The molecule has 8 heteroatoms. The van der Waals surface area contributed by atoms with Crippen LogP contribution < -0.4 is 14.8 Å². The molecule has 1 N–H and O–H groups in total. The molecule has 0 fully saturated rings. The van der Waals surface area contributed by atoms with E-state index >= 15 is 0 Å². The highest BCUT2D eigenvalue weighted by atomic mass is 32.1. The summed E-state index contributed by atoms with van der Waals surface area (Å²) in [5.41, 5.74) is 2.63. The molecular weight excluding hydrogens is 496 g/mol. The summed E-state index contributed by atoms with van der Waals surface area (Å²) in [5, 5.41) is 7.54. The van der Waals surface area contributed by atoms with Crippen molar-refractivity contribution in [1.82, 2.24) is 14.3 Å². The Labute approximate surface area is 225 Å². The topological polar surface area (TPSA) is 70.3 Å². The first-order chi connectivity index (χ1) is 18.5. The van der Waals surface area contributed by atoms with Crippen molar-refractivity contribution in [1.29, 1.82) is 0 Å². The third-order valence-electron chi connectivity index (χ3n) is 5.72. The van der Waals surface area contributed by atoms with E-state index in [2.05, 4.69) is 10.4 Å². The lowest BCUT2D eigenvalue weighted by molar-refractivity contribution is -0.116. The van der Waals surface area contributed by atoms with Gasteiger partial charge in [0.15, 0.2) is 5.82 Å². The Balaban J connectivity index is 1.31. The lowest BCUT2D eigenvalue weighted by Crippen LogP contribution is -2.19. The first kappa shape index (κ1) is 25.0. The Morgan fingerprint density at radius 3 is 2.08 bits per heavy atom. The minimum atomic E-state index is -0.248. The highest BCUT2D eigenvalue weighted by Crippen LogP contribution is 2.23. The summed E-state index contributed by atoms with van der Waals surface area (Å²) in [7, 11) is 0. The Morgan fingerprint density at radius 2 is 1.42 bits per heavy atom. The van der Waals surface area contributed by atoms with Gasteiger partial charge in [-0.2, -0.15) is 5.10 Å². The number of ether oxygens (including phenoxy) is 2. The van der Waals surface area contributed by atoms with E-state index in [4.69, 9.17) is 21.7 Å². The molecule has 4 aromatic carbocycles. The van der Waals surface area contributed by atoms with Crippen molar-refractivity contribution in [3.8, 4) is 22.9 Å². The van der Waals surface area contributed by atoms with Gasteiger partial charge in [-0.1, -0.05) is 54.1 Å². The number of aryl methyl sites for hydroxylation is 1. The molecule has 0 aliphatic carbocycles. The van der Waals surface area contributed by atoms with Gasteiger partial charge in [0.25, 0.3) is 0 Å². The van der Waals surface area contributed by atoms with E-state index in [9.17, 15) is 4.79 Å². The number of anilines is 1. The first-order valence-electron chi connectivity index (χ1n) is 12.1. The summed E-state index contributed by atoms with van der Waals surface area (Å²) < 4.78 is 15.5. The second-order valence-corrected chi connectivity index (χ2v) is 8.98. The number of rotatable bonds is 9. The van der Waals surface area contributed by atoms with Crippen molar-refractivity contribution in [3.05, 3.63) is 125 Å². The third kappa shape index (κ3) is 6.16. The van der Waals surface area contributed by atoms with Gasteiger partial charge in [0.1, 0.15) is 30.4 Å². The minimum Gasteiger partial charge on any atom is -0.486 e. The van der Waals surface area contributed by atoms with Gasteiger partial charge >= 0.3 is 0 Å². The molecule has 5 rings (SSSR count). The van der Waals surface area contributed by atoms with Gasteiger partial charge in [0.05, 0.1) is 0 Å². The van der Waals surface area contributed by atoms with E-state index in [1.807, 2.05) is 96.4 Å². The van der Waals surface area contributed by atoms with E-state index in [-0.39, 0.29) is 19.1 Å². The van der Waals surface area contributed by atoms with Crippen LogP contribution in [0.2, 0.25) is 0 Å². The summed E-state index contributed by atoms with van der Waals surface area (Å²) >= 11 is 5.73. The molecule has 0 aliphatic rings. The van der Waals surface area contributed by atoms with Gasteiger partial charge in [-0.3, -0.25) is 9.36 Å². The SMILES string of the molecule is Cc1ccc(-n2c(COc3ccccc3)nn(CC(=O)Nc3ccc(Oc4ccccc4)cc3)c2=S)cc1. The molecule has 0 saturated carbocycles. The van der Waals surface area contributed by atoms with Crippen LogP contribution in [-0.4, -0.2) is 20.3 Å². The molecule has 0 atom stereocenters. The van der Waals surface area contributed by atoms with Gasteiger partial charge in [0, 0.05) is 11.4 Å². The van der Waals surface area contributed by atoms with Crippen LogP contribution in [0.1, 0.15) is 11.4 Å². The van der Waals surface area contributed by atoms with Crippen molar-refractivity contribution in [2.45, 2.75) is 20.1 Å². The maximum atomic E-state index is 12.9. The quantitative estimate of drug-likeness (QED) is 0.218. The molecule has 7 nitrogen and oxygen atoms in total. The van der Waals surface area contributed by atoms with Crippen molar-refractivity contribution in [2.75, 3.05) is 5.32 Å². The molecule has 38 heavy (non-hydrogen) atoms. The van der Waals surface area contributed by atoms with Gasteiger partial charge < -0.3 is 14.8 Å². The number of amides is 1. The lowest BCUT2D eigenvalue weighted by atomic mass is 10.2. The summed E-state index contributed by atoms with van der Waals surface area (Å²) in [4.78, 5) is 12.9. The zero-order chi connectivity index (χ0) is 26.3. The van der Waals surface area contributed by atoms with Crippen LogP contribution in [0.3, 0.4) is 0 Å². The molecule has 1 amide bonds. The Bertz CT molecular complexity index is 1560. The number of hydrogen-bond acceptors (Lipinski definition) is 5. The smallest absolute Gasteiger partial charge is 0.246 e. The van der Waals surface area contributed by atoms with Gasteiger partial charge in [-0.15, -0.1) is 0 Å². The number of aromatic nitrogens is 3. The average molecular weight is 523 g/mol. The molecule has 190 valence electrons. The largest absolute Gasteiger partial charge is 0.486 e. The molecule has 0 aliphatic heterocycles. The van der Waals surface area contributed by atoms with Crippen LogP contribution in [0, 0.1) is 11.7 Å². The Kier molecular flexibility index (Phi) is 7.61. The van der Waals surface area contributed by atoms with E-state index in [0.29, 0.717) is 22.0 Å². The van der Waals surface area contributed by atoms with Crippen LogP contribution in [-0.2, 0) is 17.9 Å². The third-order valence-corrected chi connectivity index (χ3v) is 6.11. The first-order valence-corrected chi connectivity index (χ1v) is 12.5. The van der Waals surface area contributed by atoms with Crippen molar-refractivity contribution < 1.29 is 14.3 Å². The summed E-state index contributed by atoms with van der Waals surface area (Å²) in [6, 6.07) is 34.2. The maximum Gasteiger partial charge on any atom is 0.246 e. The molecule has 5 aromatic rings. The number of benzene rings is 4. The second kappa shape index (κ2) is 11.6. The van der Waals surface area contributed by atoms with E-state index < -0.39 is 0 Å². The number of para-hydroxylation sites is 2. The number of hydrogen-bond donors (Lipinski definition) is 1. The van der Waals surface area contributed by atoms with E-state index in [1.54, 1.807) is 24.3 Å². The highest BCUT2D eigenvalue weighted by Gasteiger charge is 2.16. The Morgan fingerprint density at radius 1 is 0.816 bits per heavy atom. The standard InChI is InChI=1S/C30H26N4O3S/c1-22-12-16-24(17-13-22)34-28(21-36-25-8-4-2-5-9-25)32-33(30(34)38)20-29(35)31-23-14-18-27(19-15-23)37-26-10-6-3-7-11-26/h2-19H,20-21H2,1H3,(H,31,35). The predicted molar refractivity (Wildman–Crippen MR) is 149 cm³/mol. The van der Waals surface area contributed by atoms with Crippen LogP contribution in [0.5, 0.6) is 17.2 Å². The van der Waals surface area contributed by atoms with Crippen LogP contribution in [0.25, 0.3) is 5.69 Å². The predicted octanol–water partition coefficient (Wildman–Crippen LogP) is 6.72. The Hall–Kier alpha value is -4.69. The van der Waals surface area contributed by atoms with Crippen LogP contribution >= 0.6 is 12.2 Å². The summed E-state index contributed by atoms with van der Waals surface area (Å²) in [6.07, 6.45) is 0. The molecule has 0 spiro atoms. The fourth-order valence-corrected chi connectivity index (χ4v) is 4.15. The number of carbonyl (C=O) groups excluding carboxylic acids is 1. The minimum absolute atomic E-state index is 0.0434. The fourth-order valence-electron chi connectivity index (χ4n) is 3.83. The van der Waals surface area contributed by atoms with E-state index in [1.165, 1.54) is 4.68 Å². The van der Waals surface area contributed by atoms with Gasteiger partial charge in [-0.05, 0) is 79.8 Å². The monoisotopic (exact) mass is 522 g/mol. The normalized spacial score (nSPS) is 10.7. The molecule has 0 radical (unpaired) electrons. The summed E-state index contributed by atoms with van der Waals surface area (Å²) in [5.74, 6) is 2.49. The molecule has 0 bridgehead atoms. The van der Waals surface area contributed by atoms with Crippen molar-refractivity contribution in [3.63, 3.8) is 0 Å². The molecule has 0 unspecified atom stereocenters. The molecule has 1 heterocycles. The lowest BCUT2D eigenvalue weighted by Gasteiger charge is -2.09. The van der Waals surface area contributed by atoms with Gasteiger partial charge in [0.2, 0.25) is 10.7 Å². The molecule has 0 saturated heterocycles. The average Bonchev–Trinajstić information content (AvgIpc) is 3.24. The second-order valence-electron chi connectivity index (χ2n) is 8.62. The fraction of sp³-hybridized carbons (Fsp3) is 0.100. The van der Waals surface area contributed by atoms with Gasteiger partial charge in [-0.25, -0.2) is 4.68 Å². The maximum absolute atomic E-state index is 12.9. The molecule has 1 aromatic heterocycles. The number of nitrogens with zero attached hydrogens (tertiary/aromatic N) is 3. The number of nitrogens with one attached hydrogen (secondary N) is 1. The van der Waals surface area contributed by atoms with Crippen LogP contribution in [0.4, 0.5) is 5.69 Å². The number of carbonyl (C=O) groups is 1. The zero-order valence-electron chi connectivity index (χ0n) is 20.8. The van der Waals surface area contributed by atoms with Crippen LogP contribution in [0.15, 0.2) is 109 Å². The van der Waals surface area contributed by atoms with Crippen molar-refractivity contribution in [2.24, 2.45) is 0 Å². The summed E-state index contributed by atoms with van der Waals surface area (Å²) in [6.45, 7) is 2.17. The van der Waals surface area contributed by atoms with E-state index in [0.717, 1.165) is 22.7 Å². The highest BCUT2D eigenvalue weighted by molar-refractivity contribution is 7.71.